The normalized spacial score (nSPS) is 13.8. The molecule has 0 bridgehead atoms. The van der Waals surface area contributed by atoms with Gasteiger partial charge in [-0.3, -0.25) is 0 Å². The van der Waals surface area contributed by atoms with Crippen molar-refractivity contribution >= 4 is 11.8 Å². The number of rotatable bonds is 4. The van der Waals surface area contributed by atoms with Gasteiger partial charge in [-0.25, -0.2) is 0 Å². The SMILES string of the molecule is C.C=C(C)C1=C(NC)CC=C(Cc2ccccc2)S1.O. The Bertz CT molecular complexity index is 503. The Hall–Kier alpha value is -1.45. The molecule has 3 heteroatoms. The fourth-order valence-corrected chi connectivity index (χ4v) is 3.16. The summed E-state index contributed by atoms with van der Waals surface area (Å²) in [6.45, 7) is 6.15. The van der Waals surface area contributed by atoms with Gasteiger partial charge in [0.2, 0.25) is 0 Å². The first kappa shape index (κ1) is 18.6. The minimum atomic E-state index is 0. The largest absolute Gasteiger partial charge is 0.412 e. The van der Waals surface area contributed by atoms with Gasteiger partial charge in [0.1, 0.15) is 0 Å². The van der Waals surface area contributed by atoms with Gasteiger partial charge < -0.3 is 10.8 Å². The first-order valence-electron chi connectivity index (χ1n) is 6.18. The second-order valence-electron chi connectivity index (χ2n) is 4.48. The average molecular weight is 291 g/mol. The maximum absolute atomic E-state index is 4.07. The molecule has 0 amide bonds. The van der Waals surface area contributed by atoms with Crippen molar-refractivity contribution in [2.45, 2.75) is 27.2 Å². The second-order valence-corrected chi connectivity index (χ2v) is 5.61. The van der Waals surface area contributed by atoms with Crippen LogP contribution in [-0.2, 0) is 6.42 Å². The molecule has 0 spiro atoms. The fourth-order valence-electron chi connectivity index (χ4n) is 2.01. The van der Waals surface area contributed by atoms with Crippen LogP contribution in [0.1, 0.15) is 26.3 Å². The molecular formula is C17H25NOS. The summed E-state index contributed by atoms with van der Waals surface area (Å²) < 4.78 is 0. The van der Waals surface area contributed by atoms with Gasteiger partial charge in [-0.05, 0) is 23.0 Å². The van der Waals surface area contributed by atoms with E-state index in [4.69, 9.17) is 0 Å². The van der Waals surface area contributed by atoms with Gasteiger partial charge >= 0.3 is 0 Å². The Morgan fingerprint density at radius 1 is 1.30 bits per heavy atom. The van der Waals surface area contributed by atoms with Crippen LogP contribution in [0.4, 0.5) is 0 Å². The van der Waals surface area contributed by atoms with Crippen molar-refractivity contribution in [3.63, 3.8) is 0 Å². The van der Waals surface area contributed by atoms with E-state index in [9.17, 15) is 0 Å². The number of nitrogens with one attached hydrogen (secondary N) is 1. The third kappa shape index (κ3) is 4.58. The predicted molar refractivity (Wildman–Crippen MR) is 91.7 cm³/mol. The van der Waals surface area contributed by atoms with Crippen molar-refractivity contribution in [1.82, 2.24) is 5.32 Å². The molecule has 110 valence electrons. The quantitative estimate of drug-likeness (QED) is 0.908. The highest BCUT2D eigenvalue weighted by Crippen LogP contribution is 2.38. The fraction of sp³-hybridized carbons (Fsp3) is 0.294. The molecule has 3 N–H and O–H groups in total. The van der Waals surface area contributed by atoms with Crippen LogP contribution in [0.3, 0.4) is 0 Å². The molecule has 1 aliphatic rings. The number of hydrogen-bond donors (Lipinski definition) is 1. The number of allylic oxidation sites excluding steroid dienone is 3. The van der Waals surface area contributed by atoms with Gasteiger partial charge in [0.25, 0.3) is 0 Å². The number of benzene rings is 1. The molecule has 1 aromatic carbocycles. The van der Waals surface area contributed by atoms with Crippen LogP contribution >= 0.6 is 11.8 Å². The van der Waals surface area contributed by atoms with E-state index in [1.807, 2.05) is 18.8 Å². The van der Waals surface area contributed by atoms with E-state index in [2.05, 4.69) is 55.2 Å². The molecule has 0 saturated carbocycles. The zero-order valence-corrected chi connectivity index (χ0v) is 12.3. The molecule has 0 unspecified atom stereocenters. The Balaban J connectivity index is 0.00000180. The molecule has 2 nitrogen and oxygen atoms in total. The van der Waals surface area contributed by atoms with Gasteiger partial charge in [-0.1, -0.05) is 62.2 Å². The zero-order chi connectivity index (χ0) is 13.0. The molecule has 0 radical (unpaired) electrons. The summed E-state index contributed by atoms with van der Waals surface area (Å²) in [5.41, 5.74) is 3.79. The van der Waals surface area contributed by atoms with Crippen molar-refractivity contribution in [2.75, 3.05) is 7.05 Å². The Kier molecular flexibility index (Phi) is 8.04. The molecule has 1 heterocycles. The third-order valence-electron chi connectivity index (χ3n) is 2.95. The van der Waals surface area contributed by atoms with Crippen LogP contribution in [-0.4, -0.2) is 12.5 Å². The molecule has 0 aliphatic carbocycles. The van der Waals surface area contributed by atoms with Gasteiger partial charge in [0.15, 0.2) is 0 Å². The van der Waals surface area contributed by atoms with Gasteiger partial charge in [-0.15, -0.1) is 0 Å². The van der Waals surface area contributed by atoms with E-state index in [-0.39, 0.29) is 12.9 Å². The number of hydrogen-bond acceptors (Lipinski definition) is 2. The van der Waals surface area contributed by atoms with Gasteiger partial charge in [0.05, 0.1) is 0 Å². The van der Waals surface area contributed by atoms with Gasteiger partial charge in [-0.2, -0.15) is 0 Å². The molecule has 0 fully saturated rings. The topological polar surface area (TPSA) is 43.5 Å². The summed E-state index contributed by atoms with van der Waals surface area (Å²) in [7, 11) is 1.98. The van der Waals surface area contributed by atoms with E-state index in [0.29, 0.717) is 0 Å². The molecule has 0 atom stereocenters. The lowest BCUT2D eigenvalue weighted by Gasteiger charge is -2.20. The van der Waals surface area contributed by atoms with E-state index >= 15 is 0 Å². The van der Waals surface area contributed by atoms with Crippen molar-refractivity contribution in [3.8, 4) is 0 Å². The van der Waals surface area contributed by atoms with E-state index in [1.54, 1.807) is 0 Å². The first-order valence-corrected chi connectivity index (χ1v) is 7.00. The summed E-state index contributed by atoms with van der Waals surface area (Å²) in [6, 6.07) is 10.6. The minimum Gasteiger partial charge on any atom is -0.412 e. The van der Waals surface area contributed by atoms with E-state index in [1.165, 1.54) is 21.1 Å². The third-order valence-corrected chi connectivity index (χ3v) is 4.32. The average Bonchev–Trinajstić information content (AvgIpc) is 2.40. The lowest BCUT2D eigenvalue weighted by molar-refractivity contribution is 0.824. The monoisotopic (exact) mass is 291 g/mol. The molecule has 0 saturated heterocycles. The van der Waals surface area contributed by atoms with Crippen LogP contribution in [0, 0.1) is 0 Å². The van der Waals surface area contributed by atoms with Crippen LogP contribution < -0.4 is 5.32 Å². The van der Waals surface area contributed by atoms with E-state index < -0.39 is 0 Å². The van der Waals surface area contributed by atoms with Crippen molar-refractivity contribution in [3.05, 3.63) is 69.6 Å². The summed E-state index contributed by atoms with van der Waals surface area (Å²) in [4.78, 5) is 2.71. The lowest BCUT2D eigenvalue weighted by atomic mass is 10.1. The summed E-state index contributed by atoms with van der Waals surface area (Å²) in [5.74, 6) is 0. The zero-order valence-electron chi connectivity index (χ0n) is 11.5. The number of thioether (sulfide) groups is 1. The van der Waals surface area contributed by atoms with Crippen LogP contribution in [0.2, 0.25) is 0 Å². The van der Waals surface area contributed by atoms with Crippen molar-refractivity contribution in [1.29, 1.82) is 0 Å². The van der Waals surface area contributed by atoms with Crippen molar-refractivity contribution in [2.24, 2.45) is 0 Å². The highest BCUT2D eigenvalue weighted by atomic mass is 32.2. The second kappa shape index (κ2) is 8.67. The molecule has 20 heavy (non-hydrogen) atoms. The Morgan fingerprint density at radius 3 is 2.50 bits per heavy atom. The van der Waals surface area contributed by atoms with Crippen LogP contribution in [0.25, 0.3) is 0 Å². The molecule has 1 aliphatic heterocycles. The van der Waals surface area contributed by atoms with Crippen LogP contribution in [0.15, 0.2) is 64.1 Å². The van der Waals surface area contributed by atoms with Gasteiger partial charge in [0, 0.05) is 30.5 Å². The summed E-state index contributed by atoms with van der Waals surface area (Å²) in [6.07, 6.45) is 4.31. The highest BCUT2D eigenvalue weighted by molar-refractivity contribution is 8.07. The molecule has 1 aromatic rings. The van der Waals surface area contributed by atoms with E-state index in [0.717, 1.165) is 18.4 Å². The maximum atomic E-state index is 4.07. The Morgan fingerprint density at radius 2 is 1.95 bits per heavy atom. The predicted octanol–water partition coefficient (Wildman–Crippen LogP) is 4.07. The molecule has 0 aromatic heterocycles. The Labute approximate surface area is 127 Å². The smallest absolute Gasteiger partial charge is 0.0335 e. The standard InChI is InChI=1S/C16H19NS.CH4.H2O/c1-12(2)16-15(17-3)10-9-14(18-16)11-13-7-5-4-6-8-13;;/h4-9,17H,1,10-11H2,2-3H3;1H4;1H2. The highest BCUT2D eigenvalue weighted by Gasteiger charge is 2.15. The summed E-state index contributed by atoms with van der Waals surface area (Å²) >= 11 is 1.85. The molecule has 2 rings (SSSR count). The van der Waals surface area contributed by atoms with Crippen LogP contribution in [0.5, 0.6) is 0 Å². The lowest BCUT2D eigenvalue weighted by Crippen LogP contribution is -2.11. The van der Waals surface area contributed by atoms with Crippen molar-refractivity contribution < 1.29 is 5.48 Å². The minimum absolute atomic E-state index is 0. The summed E-state index contributed by atoms with van der Waals surface area (Å²) in [5, 5.41) is 3.27. The first-order chi connectivity index (χ1) is 8.70. The maximum Gasteiger partial charge on any atom is 0.0335 e. The molecular weight excluding hydrogens is 266 g/mol.